The fourth-order valence-electron chi connectivity index (χ4n) is 3.83. The molecule has 0 unspecified atom stereocenters. The molecule has 0 spiro atoms. The first-order valence-electron chi connectivity index (χ1n) is 12.4. The molecule has 2 aromatic rings. The van der Waals surface area contributed by atoms with Gasteiger partial charge in [-0.05, 0) is 29.8 Å². The summed E-state index contributed by atoms with van der Waals surface area (Å²) < 4.78 is 39.4. The van der Waals surface area contributed by atoms with Crippen molar-refractivity contribution in [1.82, 2.24) is 14.5 Å². The molecule has 1 aliphatic rings. The summed E-state index contributed by atoms with van der Waals surface area (Å²) in [6.07, 6.45) is -0.241. The van der Waals surface area contributed by atoms with Crippen LogP contribution in [0.2, 0.25) is 0 Å². The van der Waals surface area contributed by atoms with Crippen molar-refractivity contribution in [3.05, 3.63) is 65.7 Å². The maximum absolute atomic E-state index is 13.6. The Labute approximate surface area is 223 Å². The summed E-state index contributed by atoms with van der Waals surface area (Å²) in [5.41, 5.74) is 1.45. The van der Waals surface area contributed by atoms with Gasteiger partial charge in [-0.3, -0.25) is 18.8 Å². The van der Waals surface area contributed by atoms with Crippen LogP contribution in [0.25, 0.3) is 0 Å². The van der Waals surface area contributed by atoms with Gasteiger partial charge in [0, 0.05) is 53.2 Å². The normalized spacial score (nSPS) is 14.2. The van der Waals surface area contributed by atoms with Gasteiger partial charge in [-0.15, -0.1) is 0 Å². The minimum absolute atomic E-state index is 0.0660. The maximum Gasteiger partial charge on any atom is 0.338 e. The van der Waals surface area contributed by atoms with Crippen LogP contribution >= 0.6 is 0 Å². The molecular formula is C26H34N4O7S. The molecule has 1 aliphatic heterocycles. The Morgan fingerprint density at radius 3 is 2.29 bits per heavy atom. The molecule has 206 valence electrons. The van der Waals surface area contributed by atoms with E-state index in [0.29, 0.717) is 24.3 Å². The van der Waals surface area contributed by atoms with Crippen LogP contribution in [-0.2, 0) is 35.8 Å². The number of nitrogens with one attached hydrogen (secondary N) is 1. The number of esters is 3. The zero-order chi connectivity index (χ0) is 27.5. The molecule has 11 nitrogen and oxygen atoms in total. The highest BCUT2D eigenvalue weighted by molar-refractivity contribution is 7.90. The minimum Gasteiger partial charge on any atom is -0.461 e. The average Bonchev–Trinajstić information content (AvgIpc) is 2.91. The van der Waals surface area contributed by atoms with E-state index < -0.39 is 28.1 Å². The van der Waals surface area contributed by atoms with Crippen molar-refractivity contribution >= 4 is 33.8 Å². The number of carbonyl (C=O) groups excluding carboxylic acids is 3. The lowest BCUT2D eigenvalue weighted by Gasteiger charge is -2.32. The van der Waals surface area contributed by atoms with Crippen molar-refractivity contribution in [3.63, 3.8) is 0 Å². The van der Waals surface area contributed by atoms with Gasteiger partial charge in [0.25, 0.3) is 0 Å². The number of hydrogen-bond donors (Lipinski definition) is 1. The second-order valence-corrected chi connectivity index (χ2v) is 10.8. The van der Waals surface area contributed by atoms with Gasteiger partial charge in [0.05, 0.1) is 24.2 Å². The third kappa shape index (κ3) is 8.62. The Bertz CT molecular complexity index is 1180. The smallest absolute Gasteiger partial charge is 0.338 e. The number of anilines is 1. The van der Waals surface area contributed by atoms with Crippen molar-refractivity contribution in [1.29, 1.82) is 0 Å². The fourth-order valence-corrected chi connectivity index (χ4v) is 5.18. The number of piperazine rings is 1. The van der Waals surface area contributed by atoms with Gasteiger partial charge in [0.15, 0.2) is 0 Å². The summed E-state index contributed by atoms with van der Waals surface area (Å²) in [4.78, 5) is 36.7. The maximum atomic E-state index is 13.6. The molecule has 0 radical (unpaired) electrons. The lowest BCUT2D eigenvalue weighted by Crippen LogP contribution is -2.48. The number of ether oxygens (including phenoxy) is 2. The summed E-state index contributed by atoms with van der Waals surface area (Å²) in [5.74, 6) is -2.15. The number of hydrogen-bond acceptors (Lipinski definition) is 9. The predicted octanol–water partition coefficient (Wildman–Crippen LogP) is 1.41. The second kappa shape index (κ2) is 14.0. The SMILES string of the molecule is CC(=O)OC(=O)CCOC(=O)c1ccc(CN(c2ccccc2)S(=O)(=O)N(C)CCN2CCNCC2)cc1. The summed E-state index contributed by atoms with van der Waals surface area (Å²) in [5, 5.41) is 3.29. The first-order valence-corrected chi connectivity index (χ1v) is 13.8. The van der Waals surface area contributed by atoms with E-state index in [0.717, 1.165) is 33.1 Å². The Hall–Kier alpha value is -3.32. The molecule has 1 fully saturated rings. The summed E-state index contributed by atoms with van der Waals surface area (Å²) >= 11 is 0. The number of para-hydroxylation sites is 1. The molecule has 1 heterocycles. The van der Waals surface area contributed by atoms with Gasteiger partial charge in [-0.1, -0.05) is 30.3 Å². The molecule has 0 aliphatic carbocycles. The fraction of sp³-hybridized carbons (Fsp3) is 0.423. The first kappa shape index (κ1) is 29.2. The van der Waals surface area contributed by atoms with Crippen LogP contribution in [0.4, 0.5) is 5.69 Å². The Morgan fingerprint density at radius 2 is 1.66 bits per heavy atom. The zero-order valence-electron chi connectivity index (χ0n) is 21.7. The second-order valence-electron chi connectivity index (χ2n) is 8.81. The Balaban J connectivity index is 1.65. The van der Waals surface area contributed by atoms with Gasteiger partial charge in [0.1, 0.15) is 6.61 Å². The molecule has 3 rings (SSSR count). The van der Waals surface area contributed by atoms with Gasteiger partial charge in [-0.25, -0.2) is 4.79 Å². The third-order valence-electron chi connectivity index (χ3n) is 5.97. The Kier molecular flexibility index (Phi) is 10.8. The highest BCUT2D eigenvalue weighted by atomic mass is 32.2. The van der Waals surface area contributed by atoms with Gasteiger partial charge < -0.3 is 14.8 Å². The molecule has 2 aromatic carbocycles. The molecular weight excluding hydrogens is 512 g/mol. The van der Waals surface area contributed by atoms with Crippen LogP contribution in [0.3, 0.4) is 0 Å². The summed E-state index contributed by atoms with van der Waals surface area (Å²) in [6, 6.07) is 15.3. The van der Waals surface area contributed by atoms with E-state index in [1.54, 1.807) is 43.4 Å². The molecule has 12 heteroatoms. The highest BCUT2D eigenvalue weighted by Gasteiger charge is 2.28. The monoisotopic (exact) mass is 546 g/mol. The Morgan fingerprint density at radius 1 is 1.00 bits per heavy atom. The van der Waals surface area contributed by atoms with E-state index in [1.807, 2.05) is 6.07 Å². The van der Waals surface area contributed by atoms with Gasteiger partial charge in [-0.2, -0.15) is 12.7 Å². The topological polar surface area (TPSA) is 126 Å². The number of nitrogens with zero attached hydrogens (tertiary/aromatic N) is 3. The van der Waals surface area contributed by atoms with Crippen LogP contribution < -0.4 is 9.62 Å². The predicted molar refractivity (Wildman–Crippen MR) is 142 cm³/mol. The van der Waals surface area contributed by atoms with Crippen molar-refractivity contribution in [2.75, 3.05) is 57.2 Å². The van der Waals surface area contributed by atoms with Gasteiger partial charge in [0.2, 0.25) is 0 Å². The molecule has 0 aromatic heterocycles. The van der Waals surface area contributed by atoms with E-state index in [4.69, 9.17) is 4.74 Å². The molecule has 0 amide bonds. The number of rotatable bonds is 12. The van der Waals surface area contributed by atoms with Crippen molar-refractivity contribution in [2.24, 2.45) is 0 Å². The van der Waals surface area contributed by atoms with Crippen LogP contribution in [-0.4, -0.2) is 88.5 Å². The standard InChI is InChI=1S/C26H34N4O7S/c1-21(31)37-25(32)12-19-36-26(33)23-10-8-22(9-11-23)20-30(24-6-4-3-5-7-24)38(34,35)28(2)17-18-29-15-13-27-14-16-29/h3-11,27H,12-20H2,1-2H3. The number of benzene rings is 2. The molecule has 38 heavy (non-hydrogen) atoms. The van der Waals surface area contributed by atoms with E-state index in [2.05, 4.69) is 15.0 Å². The third-order valence-corrected chi connectivity index (χ3v) is 7.84. The van der Waals surface area contributed by atoms with Crippen molar-refractivity contribution in [2.45, 2.75) is 19.9 Å². The van der Waals surface area contributed by atoms with Crippen LogP contribution in [0.5, 0.6) is 0 Å². The molecule has 0 saturated carbocycles. The quantitative estimate of drug-likeness (QED) is 0.311. The van der Waals surface area contributed by atoms with Gasteiger partial charge >= 0.3 is 28.1 Å². The summed E-state index contributed by atoms with van der Waals surface area (Å²) in [7, 11) is -2.26. The zero-order valence-corrected chi connectivity index (χ0v) is 22.5. The molecule has 1 N–H and O–H groups in total. The van der Waals surface area contributed by atoms with Crippen LogP contribution in [0.1, 0.15) is 29.3 Å². The van der Waals surface area contributed by atoms with Crippen molar-refractivity contribution in [3.8, 4) is 0 Å². The first-order chi connectivity index (χ1) is 18.2. The van der Waals surface area contributed by atoms with E-state index in [-0.39, 0.29) is 25.1 Å². The molecule has 0 atom stereocenters. The average molecular weight is 547 g/mol. The van der Waals surface area contributed by atoms with E-state index >= 15 is 0 Å². The van der Waals surface area contributed by atoms with E-state index in [9.17, 15) is 22.8 Å². The minimum atomic E-state index is -3.84. The lowest BCUT2D eigenvalue weighted by atomic mass is 10.1. The van der Waals surface area contributed by atoms with E-state index in [1.165, 1.54) is 20.7 Å². The molecule has 0 bridgehead atoms. The van der Waals surface area contributed by atoms with Crippen LogP contribution in [0.15, 0.2) is 54.6 Å². The summed E-state index contributed by atoms with van der Waals surface area (Å²) in [6.45, 7) is 5.50. The van der Waals surface area contributed by atoms with Crippen molar-refractivity contribution < 1.29 is 32.3 Å². The number of likely N-dealkylation sites (N-methyl/N-ethyl adjacent to an activating group) is 1. The lowest BCUT2D eigenvalue weighted by molar-refractivity contribution is -0.158. The van der Waals surface area contributed by atoms with Crippen LogP contribution in [0, 0.1) is 0 Å². The highest BCUT2D eigenvalue weighted by Crippen LogP contribution is 2.23. The largest absolute Gasteiger partial charge is 0.461 e. The number of carbonyl (C=O) groups is 3. The molecule has 1 saturated heterocycles.